The monoisotopic (exact) mass is 355 g/mol. The molecule has 0 radical (unpaired) electrons. The third-order valence-corrected chi connectivity index (χ3v) is 4.60. The molecule has 118 valence electrons. The molecule has 0 unspecified atom stereocenters. The van der Waals surface area contributed by atoms with Gasteiger partial charge in [0.15, 0.2) is 0 Å². The van der Waals surface area contributed by atoms with Crippen molar-refractivity contribution >= 4 is 46.0 Å². The minimum Gasteiger partial charge on any atom is -0.384 e. The number of fused-ring (bicyclic) bond motifs is 3. The molecule has 5 nitrogen and oxygen atoms in total. The number of para-hydroxylation sites is 2. The van der Waals surface area contributed by atoms with Crippen molar-refractivity contribution in [3.05, 3.63) is 63.6 Å². The van der Waals surface area contributed by atoms with E-state index in [2.05, 4.69) is 16.4 Å². The predicted octanol–water partition coefficient (Wildman–Crippen LogP) is 4.16. The number of anilines is 1. The number of rotatable bonds is 1. The van der Waals surface area contributed by atoms with Crippen molar-refractivity contribution in [2.75, 3.05) is 5.32 Å². The molecule has 0 aliphatic carbocycles. The maximum Gasteiger partial charge on any atom is 0.210 e. The van der Waals surface area contributed by atoms with Crippen LogP contribution in [0.5, 0.6) is 0 Å². The first kappa shape index (κ1) is 14.9. The van der Waals surface area contributed by atoms with E-state index in [-0.39, 0.29) is 0 Å². The summed E-state index contributed by atoms with van der Waals surface area (Å²) in [6.07, 6.45) is 0. The van der Waals surface area contributed by atoms with E-state index in [1.807, 2.05) is 24.3 Å². The van der Waals surface area contributed by atoms with Gasteiger partial charge in [0.05, 0.1) is 22.6 Å². The third-order valence-electron chi connectivity index (χ3n) is 4.03. The smallest absolute Gasteiger partial charge is 0.210 e. The number of nitrogens with zero attached hydrogens (tertiary/aromatic N) is 3. The minimum atomic E-state index is -0.482. The van der Waals surface area contributed by atoms with Crippen LogP contribution in [0.2, 0.25) is 10.0 Å². The zero-order chi connectivity index (χ0) is 16.8. The van der Waals surface area contributed by atoms with Crippen LogP contribution in [0.15, 0.2) is 48.0 Å². The molecule has 0 saturated heterocycles. The van der Waals surface area contributed by atoms with Gasteiger partial charge in [0.25, 0.3) is 0 Å². The summed E-state index contributed by atoms with van der Waals surface area (Å²) in [6, 6.07) is 14.5. The number of imidazole rings is 1. The van der Waals surface area contributed by atoms with Crippen molar-refractivity contribution in [1.29, 1.82) is 5.26 Å². The molecule has 0 bridgehead atoms. The Morgan fingerprint density at radius 1 is 1.21 bits per heavy atom. The van der Waals surface area contributed by atoms with Crippen LogP contribution >= 0.6 is 23.2 Å². The number of nitrogens with two attached hydrogens (primary N) is 1. The van der Waals surface area contributed by atoms with E-state index >= 15 is 0 Å². The van der Waals surface area contributed by atoms with Gasteiger partial charge in [0, 0.05) is 10.0 Å². The predicted molar refractivity (Wildman–Crippen MR) is 95.6 cm³/mol. The first-order valence-electron chi connectivity index (χ1n) is 7.19. The number of benzene rings is 2. The Balaban J connectivity index is 1.94. The van der Waals surface area contributed by atoms with E-state index in [9.17, 15) is 5.26 Å². The lowest BCUT2D eigenvalue weighted by Gasteiger charge is -2.27. The fraction of sp³-hybridized carbons (Fsp3) is 0.0588. The van der Waals surface area contributed by atoms with Crippen LogP contribution in [-0.2, 0) is 0 Å². The average molecular weight is 356 g/mol. The van der Waals surface area contributed by atoms with E-state index in [1.54, 1.807) is 22.8 Å². The lowest BCUT2D eigenvalue weighted by Crippen LogP contribution is -2.26. The Bertz CT molecular complexity index is 1040. The van der Waals surface area contributed by atoms with Crippen LogP contribution in [0.4, 0.5) is 5.95 Å². The molecule has 0 saturated carbocycles. The SMILES string of the molecule is N#CC1=C(N)n2c(nc3ccccc32)N[C@@H]1c1ccc(Cl)cc1Cl. The van der Waals surface area contributed by atoms with Gasteiger partial charge in [-0.1, -0.05) is 41.4 Å². The maximum atomic E-state index is 9.64. The summed E-state index contributed by atoms with van der Waals surface area (Å²) in [5.74, 6) is 0.916. The highest BCUT2D eigenvalue weighted by Gasteiger charge is 2.30. The largest absolute Gasteiger partial charge is 0.384 e. The van der Waals surface area contributed by atoms with Gasteiger partial charge in [-0.05, 0) is 29.8 Å². The molecule has 3 aromatic rings. The van der Waals surface area contributed by atoms with Crippen molar-refractivity contribution in [3.63, 3.8) is 0 Å². The molecular formula is C17H11Cl2N5. The maximum absolute atomic E-state index is 9.64. The molecule has 7 heteroatoms. The molecule has 1 aliphatic heterocycles. The van der Waals surface area contributed by atoms with Gasteiger partial charge in [-0.25, -0.2) is 4.98 Å². The standard InChI is InChI=1S/C17H11Cl2N5/c18-9-5-6-10(12(19)7-9)15-11(8-20)16(21)24-14-4-2-1-3-13(14)22-17(24)23-15/h1-7,15H,21H2,(H,22,23)/t15-/m1/s1. The molecule has 2 heterocycles. The Kier molecular flexibility index (Phi) is 3.38. The van der Waals surface area contributed by atoms with Crippen molar-refractivity contribution < 1.29 is 0 Å². The van der Waals surface area contributed by atoms with E-state index in [1.165, 1.54) is 0 Å². The van der Waals surface area contributed by atoms with Gasteiger partial charge in [-0.15, -0.1) is 0 Å². The number of hydrogen-bond donors (Lipinski definition) is 2. The number of nitriles is 1. The van der Waals surface area contributed by atoms with Gasteiger partial charge < -0.3 is 11.1 Å². The summed E-state index contributed by atoms with van der Waals surface area (Å²) >= 11 is 12.3. The van der Waals surface area contributed by atoms with E-state index in [0.717, 1.165) is 16.6 Å². The molecule has 1 aromatic heterocycles. The molecule has 4 rings (SSSR count). The van der Waals surface area contributed by atoms with Crippen molar-refractivity contribution in [3.8, 4) is 6.07 Å². The Morgan fingerprint density at radius 3 is 2.75 bits per heavy atom. The van der Waals surface area contributed by atoms with Gasteiger partial charge in [-0.2, -0.15) is 5.26 Å². The number of halogens is 2. The van der Waals surface area contributed by atoms with E-state index in [0.29, 0.717) is 27.4 Å². The number of hydrogen-bond acceptors (Lipinski definition) is 4. The first-order valence-corrected chi connectivity index (χ1v) is 7.95. The van der Waals surface area contributed by atoms with Crippen molar-refractivity contribution in [1.82, 2.24) is 9.55 Å². The lowest BCUT2D eigenvalue weighted by molar-refractivity contribution is 0.857. The zero-order valence-electron chi connectivity index (χ0n) is 12.3. The van der Waals surface area contributed by atoms with Crippen molar-refractivity contribution in [2.45, 2.75) is 6.04 Å². The van der Waals surface area contributed by atoms with Gasteiger partial charge in [-0.3, -0.25) is 4.57 Å². The van der Waals surface area contributed by atoms with Gasteiger partial charge >= 0.3 is 0 Å². The highest BCUT2D eigenvalue weighted by atomic mass is 35.5. The molecular weight excluding hydrogens is 345 g/mol. The fourth-order valence-electron chi connectivity index (χ4n) is 2.93. The normalized spacial score (nSPS) is 16.6. The van der Waals surface area contributed by atoms with Crippen LogP contribution in [0.1, 0.15) is 11.6 Å². The molecule has 0 amide bonds. The Morgan fingerprint density at radius 2 is 2.00 bits per heavy atom. The summed E-state index contributed by atoms with van der Waals surface area (Å²) in [6.45, 7) is 0. The van der Waals surface area contributed by atoms with Gasteiger partial charge in [0.2, 0.25) is 5.95 Å². The number of aromatic nitrogens is 2. The zero-order valence-corrected chi connectivity index (χ0v) is 13.8. The highest BCUT2D eigenvalue weighted by Crippen LogP contribution is 2.39. The second-order valence-corrected chi connectivity index (χ2v) is 6.26. The number of nitrogens with one attached hydrogen (secondary N) is 1. The van der Waals surface area contributed by atoms with Crippen LogP contribution < -0.4 is 11.1 Å². The van der Waals surface area contributed by atoms with Crippen LogP contribution in [0, 0.1) is 11.3 Å². The molecule has 3 N–H and O–H groups in total. The first-order chi connectivity index (χ1) is 11.6. The molecule has 1 aliphatic rings. The van der Waals surface area contributed by atoms with E-state index < -0.39 is 6.04 Å². The summed E-state index contributed by atoms with van der Waals surface area (Å²) in [7, 11) is 0. The Labute approximate surface area is 147 Å². The van der Waals surface area contributed by atoms with Gasteiger partial charge in [0.1, 0.15) is 11.9 Å². The average Bonchev–Trinajstić information content (AvgIpc) is 2.93. The second kappa shape index (κ2) is 5.45. The van der Waals surface area contributed by atoms with Crippen LogP contribution in [0.25, 0.3) is 16.9 Å². The molecule has 2 aromatic carbocycles. The topological polar surface area (TPSA) is 79.7 Å². The van der Waals surface area contributed by atoms with Crippen LogP contribution in [0.3, 0.4) is 0 Å². The second-order valence-electron chi connectivity index (χ2n) is 5.41. The molecule has 24 heavy (non-hydrogen) atoms. The molecule has 0 fully saturated rings. The third kappa shape index (κ3) is 2.12. The van der Waals surface area contributed by atoms with Crippen LogP contribution in [-0.4, -0.2) is 9.55 Å². The highest BCUT2D eigenvalue weighted by molar-refractivity contribution is 6.35. The molecule has 0 spiro atoms. The Hall–Kier alpha value is -2.68. The van der Waals surface area contributed by atoms with Crippen molar-refractivity contribution in [2.24, 2.45) is 5.73 Å². The summed E-state index contributed by atoms with van der Waals surface area (Å²) < 4.78 is 1.74. The lowest BCUT2D eigenvalue weighted by atomic mass is 9.98. The quantitative estimate of drug-likeness (QED) is 0.686. The summed E-state index contributed by atoms with van der Waals surface area (Å²) in [5, 5.41) is 13.9. The summed E-state index contributed by atoms with van der Waals surface area (Å²) in [4.78, 5) is 4.55. The summed E-state index contributed by atoms with van der Waals surface area (Å²) in [5.41, 5.74) is 9.03. The van der Waals surface area contributed by atoms with E-state index in [4.69, 9.17) is 28.9 Å². The molecule has 1 atom stereocenters. The fourth-order valence-corrected chi connectivity index (χ4v) is 3.44. The minimum absolute atomic E-state index is 0.343.